The third-order valence-corrected chi connectivity index (χ3v) is 2.64. The van der Waals surface area contributed by atoms with E-state index in [9.17, 15) is 19.8 Å². The molecule has 0 saturated carbocycles. The number of aromatic carboxylic acids is 2. The van der Waals surface area contributed by atoms with Crippen molar-refractivity contribution in [1.29, 1.82) is 0 Å². The number of carbonyl (C=O) groups excluding carboxylic acids is 2. The van der Waals surface area contributed by atoms with Gasteiger partial charge in [-0.25, -0.2) is 0 Å². The standard InChI is InChI=1S/C15H12O6.Zn/c16-14(17)10-5-1-3-7-12(10)20-9-21-13-8-4-2-6-11(13)15(18)19;/h1-8H,9H2,(H,16,17)(H,18,19);/q;+2/p-2. The molecule has 0 unspecified atom stereocenters. The summed E-state index contributed by atoms with van der Waals surface area (Å²) in [4.78, 5) is 21.8. The van der Waals surface area contributed by atoms with Crippen molar-refractivity contribution in [3.05, 3.63) is 59.7 Å². The number of para-hydroxylation sites is 2. The molecule has 0 N–H and O–H groups in total. The molecule has 0 heterocycles. The Hall–Kier alpha value is -2.40. The topological polar surface area (TPSA) is 98.7 Å². The van der Waals surface area contributed by atoms with Gasteiger partial charge in [-0.3, -0.25) is 0 Å². The quantitative estimate of drug-likeness (QED) is 0.529. The first-order chi connectivity index (χ1) is 10.1. The smallest absolute Gasteiger partial charge is 0.545 e. The molecule has 0 aliphatic rings. The first-order valence-electron chi connectivity index (χ1n) is 5.96. The fourth-order valence-corrected chi connectivity index (χ4v) is 1.68. The Balaban J connectivity index is 0.00000242. The van der Waals surface area contributed by atoms with Gasteiger partial charge < -0.3 is 29.3 Å². The number of carboxylic acids is 2. The summed E-state index contributed by atoms with van der Waals surface area (Å²) in [5.74, 6) is -2.60. The van der Waals surface area contributed by atoms with Gasteiger partial charge in [-0.1, -0.05) is 24.3 Å². The van der Waals surface area contributed by atoms with Crippen LogP contribution in [-0.2, 0) is 19.5 Å². The van der Waals surface area contributed by atoms with E-state index in [1.807, 2.05) is 0 Å². The molecule has 0 aliphatic carbocycles. The maximum Gasteiger partial charge on any atom is 2.00 e. The van der Waals surface area contributed by atoms with Crippen molar-refractivity contribution in [3.8, 4) is 11.5 Å². The molecule has 0 atom stereocenters. The molecule has 22 heavy (non-hydrogen) atoms. The molecule has 0 bridgehead atoms. The van der Waals surface area contributed by atoms with E-state index in [0.717, 1.165) is 0 Å². The van der Waals surface area contributed by atoms with Crippen LogP contribution in [-0.4, -0.2) is 18.7 Å². The van der Waals surface area contributed by atoms with Crippen molar-refractivity contribution in [2.24, 2.45) is 0 Å². The Kier molecular flexibility index (Phi) is 6.54. The Morgan fingerprint density at radius 1 is 0.773 bits per heavy atom. The zero-order valence-electron chi connectivity index (χ0n) is 11.5. The van der Waals surface area contributed by atoms with Crippen molar-refractivity contribution in [1.82, 2.24) is 0 Å². The summed E-state index contributed by atoms with van der Waals surface area (Å²) in [5.41, 5.74) is -0.233. The van der Waals surface area contributed by atoms with Gasteiger partial charge in [0.05, 0.1) is 11.9 Å². The van der Waals surface area contributed by atoms with E-state index >= 15 is 0 Å². The predicted molar refractivity (Wildman–Crippen MR) is 67.7 cm³/mol. The van der Waals surface area contributed by atoms with Crippen molar-refractivity contribution in [2.75, 3.05) is 6.79 Å². The molecule has 0 aromatic heterocycles. The largest absolute Gasteiger partial charge is 2.00 e. The molecule has 0 spiro atoms. The second-order valence-electron chi connectivity index (χ2n) is 3.97. The van der Waals surface area contributed by atoms with Crippen LogP contribution >= 0.6 is 0 Å². The van der Waals surface area contributed by atoms with Gasteiger partial charge in [0.1, 0.15) is 11.5 Å². The summed E-state index contributed by atoms with van der Waals surface area (Å²) < 4.78 is 10.4. The number of hydrogen-bond acceptors (Lipinski definition) is 6. The van der Waals surface area contributed by atoms with E-state index in [4.69, 9.17) is 9.47 Å². The van der Waals surface area contributed by atoms with Crippen LogP contribution in [0, 0.1) is 0 Å². The number of benzene rings is 2. The summed E-state index contributed by atoms with van der Waals surface area (Å²) >= 11 is 0. The van der Waals surface area contributed by atoms with Crippen LogP contribution in [0.2, 0.25) is 0 Å². The van der Waals surface area contributed by atoms with E-state index in [2.05, 4.69) is 0 Å². The van der Waals surface area contributed by atoms with E-state index in [-0.39, 0.29) is 48.9 Å². The second-order valence-corrected chi connectivity index (χ2v) is 3.97. The molecular formula is C15H10O6Zn. The molecule has 0 saturated heterocycles. The van der Waals surface area contributed by atoms with Gasteiger partial charge in [0, 0.05) is 11.1 Å². The molecule has 108 valence electrons. The Morgan fingerprint density at radius 2 is 1.14 bits per heavy atom. The molecular weight excluding hydrogens is 342 g/mol. The summed E-state index contributed by atoms with van der Waals surface area (Å²) in [7, 11) is 0. The van der Waals surface area contributed by atoms with Crippen LogP contribution < -0.4 is 19.7 Å². The molecule has 7 heteroatoms. The molecule has 0 aliphatic heterocycles. The molecule has 2 rings (SSSR count). The molecule has 0 radical (unpaired) electrons. The predicted octanol–water partition coefficient (Wildman–Crippen LogP) is -0.174. The normalized spacial score (nSPS) is 9.45. The van der Waals surface area contributed by atoms with E-state index in [1.54, 1.807) is 12.1 Å². The van der Waals surface area contributed by atoms with Gasteiger partial charge in [0.25, 0.3) is 0 Å². The average molecular weight is 352 g/mol. The number of rotatable bonds is 6. The summed E-state index contributed by atoms with van der Waals surface area (Å²) in [6.07, 6.45) is 0. The summed E-state index contributed by atoms with van der Waals surface area (Å²) in [6.45, 7) is -0.353. The second kappa shape index (κ2) is 8.15. The first-order valence-corrected chi connectivity index (χ1v) is 5.96. The SMILES string of the molecule is O=C([O-])c1ccccc1OCOc1ccccc1C(=O)[O-].[Zn+2]. The maximum atomic E-state index is 10.9. The third-order valence-electron chi connectivity index (χ3n) is 2.64. The molecule has 2 aromatic rings. The van der Waals surface area contributed by atoms with Crippen LogP contribution in [0.15, 0.2) is 48.5 Å². The number of ether oxygens (including phenoxy) is 2. The number of carboxylic acid groups (broad SMARTS) is 2. The third kappa shape index (κ3) is 4.30. The van der Waals surface area contributed by atoms with Crippen molar-refractivity contribution >= 4 is 11.9 Å². The van der Waals surface area contributed by atoms with Crippen LogP contribution in [0.3, 0.4) is 0 Å². The molecule has 0 amide bonds. The van der Waals surface area contributed by atoms with Crippen molar-refractivity contribution in [2.45, 2.75) is 0 Å². The van der Waals surface area contributed by atoms with Gasteiger partial charge in [-0.2, -0.15) is 0 Å². The Labute approximate surface area is 139 Å². The minimum absolute atomic E-state index is 0. The maximum absolute atomic E-state index is 10.9. The molecule has 6 nitrogen and oxygen atoms in total. The minimum Gasteiger partial charge on any atom is -0.545 e. The van der Waals surface area contributed by atoms with Crippen LogP contribution in [0.4, 0.5) is 0 Å². The zero-order valence-corrected chi connectivity index (χ0v) is 14.4. The fraction of sp³-hybridized carbons (Fsp3) is 0.0667. The Morgan fingerprint density at radius 3 is 1.50 bits per heavy atom. The van der Waals surface area contributed by atoms with Crippen LogP contribution in [0.1, 0.15) is 20.7 Å². The number of hydrogen-bond donors (Lipinski definition) is 0. The van der Waals surface area contributed by atoms with E-state index < -0.39 is 11.9 Å². The van der Waals surface area contributed by atoms with Gasteiger partial charge in [0.15, 0.2) is 0 Å². The monoisotopic (exact) mass is 350 g/mol. The van der Waals surface area contributed by atoms with Gasteiger partial charge in [-0.15, -0.1) is 0 Å². The summed E-state index contributed by atoms with van der Waals surface area (Å²) in [6, 6.07) is 11.8. The van der Waals surface area contributed by atoms with Crippen LogP contribution in [0.5, 0.6) is 11.5 Å². The van der Waals surface area contributed by atoms with Gasteiger partial charge in [0.2, 0.25) is 6.79 Å². The van der Waals surface area contributed by atoms with Crippen molar-refractivity contribution < 1.29 is 48.8 Å². The average Bonchev–Trinajstić information content (AvgIpc) is 2.48. The summed E-state index contributed by atoms with van der Waals surface area (Å²) in [5, 5.41) is 21.8. The fourth-order valence-electron chi connectivity index (χ4n) is 1.68. The molecule has 2 aromatic carbocycles. The zero-order chi connectivity index (χ0) is 15.2. The first kappa shape index (κ1) is 17.7. The van der Waals surface area contributed by atoms with E-state index in [0.29, 0.717) is 0 Å². The van der Waals surface area contributed by atoms with E-state index in [1.165, 1.54) is 36.4 Å². The van der Waals surface area contributed by atoms with Crippen molar-refractivity contribution in [3.63, 3.8) is 0 Å². The minimum atomic E-state index is -1.37. The molecule has 0 fully saturated rings. The van der Waals surface area contributed by atoms with Gasteiger partial charge >= 0.3 is 19.5 Å². The van der Waals surface area contributed by atoms with Gasteiger partial charge in [-0.05, 0) is 24.3 Å². The van der Waals surface area contributed by atoms with Crippen LogP contribution in [0.25, 0.3) is 0 Å². The Bertz CT molecular complexity index is 613. The number of carbonyl (C=O) groups is 2.